The van der Waals surface area contributed by atoms with Crippen LogP contribution in [0.3, 0.4) is 0 Å². The maximum atomic E-state index is 13.0. The Kier molecular flexibility index (Phi) is 5.14. The van der Waals surface area contributed by atoms with Gasteiger partial charge < -0.3 is 10.6 Å². The molecule has 0 bridgehead atoms. The smallest absolute Gasteiger partial charge is 0.123 e. The predicted octanol–water partition coefficient (Wildman–Crippen LogP) is 2.49. The fourth-order valence-electron chi connectivity index (χ4n) is 2.62. The molecule has 2 rings (SSSR count). The number of halogens is 1. The average molecular weight is 250 g/mol. The summed E-state index contributed by atoms with van der Waals surface area (Å²) < 4.78 is 13.0. The molecule has 1 aliphatic heterocycles. The van der Waals surface area contributed by atoms with Gasteiger partial charge in [0.1, 0.15) is 5.82 Å². The van der Waals surface area contributed by atoms with Gasteiger partial charge in [0.25, 0.3) is 0 Å². The van der Waals surface area contributed by atoms with Crippen LogP contribution >= 0.6 is 0 Å². The SMILES string of the molecule is CC(CC1CCCN1)NCCc1cccc(F)c1. The summed E-state index contributed by atoms with van der Waals surface area (Å²) in [5.74, 6) is -0.143. The van der Waals surface area contributed by atoms with Crippen LogP contribution in [-0.2, 0) is 6.42 Å². The van der Waals surface area contributed by atoms with E-state index in [1.165, 1.54) is 31.9 Å². The van der Waals surface area contributed by atoms with Crippen molar-refractivity contribution in [1.29, 1.82) is 0 Å². The van der Waals surface area contributed by atoms with E-state index in [4.69, 9.17) is 0 Å². The summed E-state index contributed by atoms with van der Waals surface area (Å²) >= 11 is 0. The van der Waals surface area contributed by atoms with E-state index in [0.717, 1.165) is 18.5 Å². The monoisotopic (exact) mass is 250 g/mol. The molecule has 1 heterocycles. The highest BCUT2D eigenvalue weighted by Gasteiger charge is 2.16. The maximum Gasteiger partial charge on any atom is 0.123 e. The largest absolute Gasteiger partial charge is 0.314 e. The highest BCUT2D eigenvalue weighted by Crippen LogP contribution is 2.11. The molecule has 100 valence electrons. The number of benzene rings is 1. The first kappa shape index (κ1) is 13.5. The molecule has 3 heteroatoms. The van der Waals surface area contributed by atoms with Crippen LogP contribution < -0.4 is 10.6 Å². The lowest BCUT2D eigenvalue weighted by molar-refractivity contribution is 0.443. The van der Waals surface area contributed by atoms with Crippen molar-refractivity contribution in [1.82, 2.24) is 10.6 Å². The predicted molar refractivity (Wildman–Crippen MR) is 73.2 cm³/mol. The highest BCUT2D eigenvalue weighted by atomic mass is 19.1. The Bertz CT molecular complexity index is 361. The molecule has 2 atom stereocenters. The molecule has 0 aliphatic carbocycles. The maximum absolute atomic E-state index is 13.0. The molecule has 1 saturated heterocycles. The second kappa shape index (κ2) is 6.86. The Morgan fingerprint density at radius 2 is 2.39 bits per heavy atom. The Labute approximate surface area is 109 Å². The van der Waals surface area contributed by atoms with Crippen molar-refractivity contribution >= 4 is 0 Å². The summed E-state index contributed by atoms with van der Waals surface area (Å²) in [6, 6.07) is 8.07. The summed E-state index contributed by atoms with van der Waals surface area (Å²) in [4.78, 5) is 0. The second-order valence-electron chi connectivity index (χ2n) is 5.26. The Balaban J connectivity index is 1.65. The molecule has 1 aromatic rings. The van der Waals surface area contributed by atoms with E-state index < -0.39 is 0 Å². The second-order valence-corrected chi connectivity index (χ2v) is 5.26. The molecule has 18 heavy (non-hydrogen) atoms. The fourth-order valence-corrected chi connectivity index (χ4v) is 2.62. The lowest BCUT2D eigenvalue weighted by Gasteiger charge is -2.18. The van der Waals surface area contributed by atoms with Crippen LogP contribution in [0.4, 0.5) is 4.39 Å². The van der Waals surface area contributed by atoms with Gasteiger partial charge >= 0.3 is 0 Å². The van der Waals surface area contributed by atoms with E-state index in [-0.39, 0.29) is 5.82 Å². The summed E-state index contributed by atoms with van der Waals surface area (Å²) in [7, 11) is 0. The van der Waals surface area contributed by atoms with Crippen LogP contribution in [0.2, 0.25) is 0 Å². The first-order valence-electron chi connectivity index (χ1n) is 6.95. The van der Waals surface area contributed by atoms with Crippen LogP contribution in [0.15, 0.2) is 24.3 Å². The van der Waals surface area contributed by atoms with Gasteiger partial charge in [0.2, 0.25) is 0 Å². The minimum Gasteiger partial charge on any atom is -0.314 e. The van der Waals surface area contributed by atoms with E-state index in [1.54, 1.807) is 12.1 Å². The Hall–Kier alpha value is -0.930. The van der Waals surface area contributed by atoms with Gasteiger partial charge in [-0.15, -0.1) is 0 Å². The molecule has 0 radical (unpaired) electrons. The van der Waals surface area contributed by atoms with E-state index in [2.05, 4.69) is 17.6 Å². The lowest BCUT2D eigenvalue weighted by Crippen LogP contribution is -2.34. The van der Waals surface area contributed by atoms with Crippen molar-refractivity contribution in [3.05, 3.63) is 35.6 Å². The van der Waals surface area contributed by atoms with Crippen LogP contribution in [0, 0.1) is 5.82 Å². The van der Waals surface area contributed by atoms with Crippen LogP contribution in [0.25, 0.3) is 0 Å². The molecule has 1 fully saturated rings. The first-order valence-corrected chi connectivity index (χ1v) is 6.95. The molecule has 1 aromatic carbocycles. The molecule has 1 aliphatic rings. The Morgan fingerprint density at radius 1 is 1.50 bits per heavy atom. The zero-order valence-corrected chi connectivity index (χ0v) is 11.1. The van der Waals surface area contributed by atoms with Gasteiger partial charge in [-0.2, -0.15) is 0 Å². The number of nitrogens with one attached hydrogen (secondary N) is 2. The van der Waals surface area contributed by atoms with Crippen molar-refractivity contribution in [2.45, 2.75) is 44.7 Å². The van der Waals surface area contributed by atoms with E-state index in [9.17, 15) is 4.39 Å². The minimum absolute atomic E-state index is 0.143. The summed E-state index contributed by atoms with van der Waals surface area (Å²) in [6.45, 7) is 4.31. The van der Waals surface area contributed by atoms with Crippen molar-refractivity contribution in [3.63, 3.8) is 0 Å². The van der Waals surface area contributed by atoms with E-state index in [1.807, 2.05) is 6.07 Å². The van der Waals surface area contributed by atoms with Crippen molar-refractivity contribution in [2.75, 3.05) is 13.1 Å². The van der Waals surface area contributed by atoms with Gasteiger partial charge in [0, 0.05) is 12.1 Å². The van der Waals surface area contributed by atoms with E-state index in [0.29, 0.717) is 12.1 Å². The third kappa shape index (κ3) is 4.39. The zero-order chi connectivity index (χ0) is 12.8. The van der Waals surface area contributed by atoms with Crippen LogP contribution in [-0.4, -0.2) is 25.2 Å². The average Bonchev–Trinajstić information content (AvgIpc) is 2.82. The standard InChI is InChI=1S/C15H23FN2/c1-12(10-15-6-3-8-18-15)17-9-7-13-4-2-5-14(16)11-13/h2,4-5,11-12,15,17-18H,3,6-10H2,1H3. The van der Waals surface area contributed by atoms with Gasteiger partial charge in [-0.05, 0) is 63.4 Å². The lowest BCUT2D eigenvalue weighted by atomic mass is 10.1. The minimum atomic E-state index is -0.143. The Morgan fingerprint density at radius 3 is 3.11 bits per heavy atom. The van der Waals surface area contributed by atoms with Gasteiger partial charge in [0.15, 0.2) is 0 Å². The zero-order valence-electron chi connectivity index (χ0n) is 11.1. The summed E-state index contributed by atoms with van der Waals surface area (Å²) in [5, 5.41) is 7.03. The molecular weight excluding hydrogens is 227 g/mol. The molecule has 2 N–H and O–H groups in total. The van der Waals surface area contributed by atoms with Gasteiger partial charge in [0.05, 0.1) is 0 Å². The van der Waals surface area contributed by atoms with Gasteiger partial charge in [-0.3, -0.25) is 0 Å². The topological polar surface area (TPSA) is 24.1 Å². The van der Waals surface area contributed by atoms with Gasteiger partial charge in [-0.1, -0.05) is 12.1 Å². The molecule has 0 saturated carbocycles. The van der Waals surface area contributed by atoms with Gasteiger partial charge in [-0.25, -0.2) is 4.39 Å². The molecule has 0 aromatic heterocycles. The summed E-state index contributed by atoms with van der Waals surface area (Å²) in [5.41, 5.74) is 1.06. The first-order chi connectivity index (χ1) is 8.74. The fraction of sp³-hybridized carbons (Fsp3) is 0.600. The highest BCUT2D eigenvalue weighted by molar-refractivity contribution is 5.16. The van der Waals surface area contributed by atoms with Crippen molar-refractivity contribution in [2.24, 2.45) is 0 Å². The molecule has 2 nitrogen and oxygen atoms in total. The molecule has 2 unspecified atom stereocenters. The third-order valence-corrected chi connectivity index (χ3v) is 3.60. The summed E-state index contributed by atoms with van der Waals surface area (Å²) in [6.07, 6.45) is 4.68. The van der Waals surface area contributed by atoms with Crippen molar-refractivity contribution < 1.29 is 4.39 Å². The number of rotatable bonds is 6. The normalized spacial score (nSPS) is 21.1. The molecule has 0 amide bonds. The molecular formula is C15H23FN2. The number of hydrogen-bond donors (Lipinski definition) is 2. The molecule has 0 spiro atoms. The number of hydrogen-bond acceptors (Lipinski definition) is 2. The van der Waals surface area contributed by atoms with E-state index >= 15 is 0 Å². The third-order valence-electron chi connectivity index (χ3n) is 3.60. The van der Waals surface area contributed by atoms with Crippen LogP contribution in [0.1, 0.15) is 31.7 Å². The van der Waals surface area contributed by atoms with Crippen molar-refractivity contribution in [3.8, 4) is 0 Å². The van der Waals surface area contributed by atoms with Crippen LogP contribution in [0.5, 0.6) is 0 Å². The quantitative estimate of drug-likeness (QED) is 0.810.